The Kier molecular flexibility index (Phi) is 0.796. The Bertz CT molecular complexity index is 486. The average Bonchev–Trinajstić information content (AvgIpc) is 1.96. The van der Waals surface area contributed by atoms with E-state index in [0.717, 1.165) is 0 Å². The van der Waals surface area contributed by atoms with Gasteiger partial charge >= 0.3 is 14.9 Å². The molecule has 0 saturated carbocycles. The zero-order valence-electron chi connectivity index (χ0n) is 5.80. The smallest absolute Gasteiger partial charge is 0.141 e. The number of aromatic nitrogens is 3. The second-order valence-corrected chi connectivity index (χ2v) is 5.06. The fourth-order valence-electron chi connectivity index (χ4n) is 1.36. The molecule has 4 heterocycles. The molecule has 3 nitrogen and oxygen atoms in total. The number of hydrogen-bond donors (Lipinski definition) is 0. The van der Waals surface area contributed by atoms with Crippen LogP contribution < -0.4 is 13.2 Å². The topological polar surface area (TPSA) is 12.3 Å². The van der Waals surface area contributed by atoms with E-state index in [9.17, 15) is 0 Å². The summed E-state index contributed by atoms with van der Waals surface area (Å²) in [7, 11) is 0. The maximum absolute atomic E-state index is 2.23. The van der Waals surface area contributed by atoms with E-state index in [2.05, 4.69) is 29.7 Å². The molecule has 0 unspecified atom stereocenters. The molecule has 0 amide bonds. The zero-order chi connectivity index (χ0) is 7.71. The third-order valence-corrected chi connectivity index (χ3v) is 4.79. The highest BCUT2D eigenvalue weighted by atomic mass is 32.1. The Morgan fingerprint density at radius 1 is 0.667 bits per heavy atom. The van der Waals surface area contributed by atoms with Crippen LogP contribution in [0.1, 0.15) is 0 Å². The van der Waals surface area contributed by atoms with Gasteiger partial charge in [0.1, 0.15) is 0 Å². The maximum atomic E-state index is 2.23. The molecule has 60 valence electrons. The maximum Gasteiger partial charge on any atom is 0.430 e. The molecule has 0 bridgehead atoms. The van der Waals surface area contributed by atoms with Crippen LogP contribution in [0.25, 0.3) is 14.9 Å². The van der Waals surface area contributed by atoms with Gasteiger partial charge in [0.15, 0.2) is 16.5 Å². The minimum Gasteiger partial charge on any atom is -0.141 e. The van der Waals surface area contributed by atoms with Crippen molar-refractivity contribution >= 4 is 48.9 Å². The standard InChI is InChI=1S/C6H3N3S3/c1-7-4(10-1)8-2-12-6(8)9-3-11-5(7)9/h1-3H. The monoisotopic (exact) mass is 213 g/mol. The number of rotatable bonds is 0. The van der Waals surface area contributed by atoms with Crippen molar-refractivity contribution in [2.75, 3.05) is 0 Å². The zero-order valence-corrected chi connectivity index (χ0v) is 8.25. The van der Waals surface area contributed by atoms with Crippen LogP contribution in [0.2, 0.25) is 0 Å². The van der Waals surface area contributed by atoms with Crippen molar-refractivity contribution in [2.24, 2.45) is 0 Å². The molecule has 0 spiro atoms. The van der Waals surface area contributed by atoms with Gasteiger partial charge < -0.3 is 0 Å². The highest BCUT2D eigenvalue weighted by molar-refractivity contribution is 7.18. The summed E-state index contributed by atoms with van der Waals surface area (Å²) >= 11 is 5.39. The molecule has 12 heavy (non-hydrogen) atoms. The molecule has 0 aromatic carbocycles. The van der Waals surface area contributed by atoms with Gasteiger partial charge in [-0.15, -0.1) is 13.2 Å². The molecule has 0 aliphatic rings. The molecule has 4 rings (SSSR count). The minimum absolute atomic E-state index is 1.33. The molecular formula is C6H3N3S3. The summed E-state index contributed by atoms with van der Waals surface area (Å²) < 4.78 is 6.69. The molecule has 0 aliphatic heterocycles. The van der Waals surface area contributed by atoms with Gasteiger partial charge in [-0.3, -0.25) is 0 Å². The van der Waals surface area contributed by atoms with E-state index in [4.69, 9.17) is 0 Å². The second kappa shape index (κ2) is 1.63. The van der Waals surface area contributed by atoms with E-state index in [1.54, 1.807) is 34.0 Å². The average molecular weight is 213 g/mol. The van der Waals surface area contributed by atoms with Crippen LogP contribution in [0.5, 0.6) is 0 Å². The number of fused-ring (bicyclic) bond motifs is 6. The van der Waals surface area contributed by atoms with Crippen molar-refractivity contribution in [3.8, 4) is 0 Å². The summed E-state index contributed by atoms with van der Waals surface area (Å²) in [6.07, 6.45) is 0. The van der Waals surface area contributed by atoms with E-state index in [0.29, 0.717) is 0 Å². The molecule has 0 fully saturated rings. The third kappa shape index (κ3) is 0.434. The van der Waals surface area contributed by atoms with E-state index >= 15 is 0 Å². The molecule has 4 aromatic heterocycles. The molecule has 0 radical (unpaired) electrons. The Hall–Kier alpha value is -0.720. The predicted octanol–water partition coefficient (Wildman–Crippen LogP) is 0.244. The highest BCUT2D eigenvalue weighted by Crippen LogP contribution is 2.13. The largest absolute Gasteiger partial charge is 0.430 e. The van der Waals surface area contributed by atoms with Crippen molar-refractivity contribution in [2.45, 2.75) is 0 Å². The normalized spacial score (nSPS) is 13.0. The summed E-state index contributed by atoms with van der Waals surface area (Å²) in [4.78, 5) is 3.99. The van der Waals surface area contributed by atoms with Crippen molar-refractivity contribution in [3.05, 3.63) is 16.5 Å². The summed E-state index contributed by atoms with van der Waals surface area (Å²) in [6, 6.07) is 0. The van der Waals surface area contributed by atoms with Gasteiger partial charge in [0.2, 0.25) is 0 Å². The SMILES string of the molecule is [cH-]1sc2[n+]1c1s[cH-][n+]1c1s[cH-][n+]21. The van der Waals surface area contributed by atoms with Crippen LogP contribution >= 0.6 is 34.0 Å². The molecule has 6 heteroatoms. The van der Waals surface area contributed by atoms with Crippen molar-refractivity contribution in [1.29, 1.82) is 0 Å². The Morgan fingerprint density at radius 3 is 1.17 bits per heavy atom. The number of nitrogens with zero attached hydrogens (tertiary/aromatic N) is 3. The van der Waals surface area contributed by atoms with Crippen LogP contribution in [0, 0.1) is 0 Å². The van der Waals surface area contributed by atoms with Gasteiger partial charge in [-0.1, -0.05) is 0 Å². The number of hydrogen-bond acceptors (Lipinski definition) is 3. The van der Waals surface area contributed by atoms with Crippen LogP contribution in [0.15, 0.2) is 16.5 Å². The fraction of sp³-hybridized carbons (Fsp3) is 0. The minimum atomic E-state index is 1.33. The summed E-state index contributed by atoms with van der Waals surface area (Å²) in [6.45, 7) is 0. The lowest BCUT2D eigenvalue weighted by Crippen LogP contribution is -2.51. The van der Waals surface area contributed by atoms with Crippen LogP contribution in [-0.2, 0) is 0 Å². The van der Waals surface area contributed by atoms with Gasteiger partial charge in [-0.2, -0.15) is 0 Å². The van der Waals surface area contributed by atoms with E-state index in [1.165, 1.54) is 14.9 Å². The van der Waals surface area contributed by atoms with Gasteiger partial charge in [-0.05, 0) is 34.0 Å². The Labute approximate surface area is 78.7 Å². The van der Waals surface area contributed by atoms with Gasteiger partial charge in [0, 0.05) is 0 Å². The van der Waals surface area contributed by atoms with Gasteiger partial charge in [-0.25, -0.2) is 0 Å². The first-order valence-corrected chi connectivity index (χ1v) is 6.07. The van der Waals surface area contributed by atoms with Crippen molar-refractivity contribution in [1.82, 2.24) is 0 Å². The molecule has 0 aliphatic carbocycles. The van der Waals surface area contributed by atoms with E-state index < -0.39 is 0 Å². The third-order valence-electron chi connectivity index (χ3n) is 2.03. The summed E-state index contributed by atoms with van der Waals surface area (Å²) in [5, 5.41) is 0. The Balaban J connectivity index is 2.52. The van der Waals surface area contributed by atoms with Gasteiger partial charge in [0.25, 0.3) is 0 Å². The first-order chi connectivity index (χ1) is 5.95. The first kappa shape index (κ1) is 5.85. The van der Waals surface area contributed by atoms with Crippen LogP contribution in [-0.4, -0.2) is 0 Å². The molecule has 0 N–H and O–H groups in total. The highest BCUT2D eigenvalue weighted by Gasteiger charge is 2.28. The molecule has 4 aromatic rings. The van der Waals surface area contributed by atoms with E-state index in [1.807, 2.05) is 0 Å². The quantitative estimate of drug-likeness (QED) is 0.293. The first-order valence-electron chi connectivity index (χ1n) is 3.44. The summed E-state index contributed by atoms with van der Waals surface area (Å²) in [5.74, 6) is 0. The Morgan fingerprint density at radius 2 is 1.00 bits per heavy atom. The molecular weight excluding hydrogens is 210 g/mol. The van der Waals surface area contributed by atoms with E-state index in [-0.39, 0.29) is 0 Å². The lowest BCUT2D eigenvalue weighted by Gasteiger charge is -2.03. The lowest BCUT2D eigenvalue weighted by atomic mass is 10.9. The van der Waals surface area contributed by atoms with Crippen molar-refractivity contribution < 1.29 is 13.2 Å². The molecule has 0 atom stereocenters. The molecule has 0 saturated heterocycles. The lowest BCUT2D eigenvalue weighted by molar-refractivity contribution is -0.715. The van der Waals surface area contributed by atoms with Crippen LogP contribution in [0.3, 0.4) is 0 Å². The predicted molar refractivity (Wildman–Crippen MR) is 46.3 cm³/mol. The second-order valence-electron chi connectivity index (χ2n) is 2.63. The fourth-order valence-corrected chi connectivity index (χ4v) is 3.96. The van der Waals surface area contributed by atoms with Crippen molar-refractivity contribution in [3.63, 3.8) is 0 Å². The summed E-state index contributed by atoms with van der Waals surface area (Å²) in [5.41, 5.74) is 6.43. The van der Waals surface area contributed by atoms with Gasteiger partial charge in [0.05, 0.1) is 0 Å². The van der Waals surface area contributed by atoms with Crippen LogP contribution in [0.4, 0.5) is 0 Å².